The first-order chi connectivity index (χ1) is 12.6. The maximum Gasteiger partial charge on any atom is 0.303 e. The minimum absolute atomic E-state index is 0.197. The lowest BCUT2D eigenvalue weighted by Crippen LogP contribution is -2.20. The molecule has 0 bridgehead atoms. The van der Waals surface area contributed by atoms with Crippen molar-refractivity contribution in [3.8, 4) is 16.9 Å². The molecule has 138 valence electrons. The molecule has 1 aliphatic rings. The molecule has 3 nitrogen and oxygen atoms in total. The summed E-state index contributed by atoms with van der Waals surface area (Å²) in [5.74, 6) is 0.409. The van der Waals surface area contributed by atoms with E-state index in [1.807, 2.05) is 18.2 Å². The number of carboxylic acid groups (broad SMARTS) is 1. The quantitative estimate of drug-likeness (QED) is 0.661. The normalized spacial score (nSPS) is 16.2. The summed E-state index contributed by atoms with van der Waals surface area (Å²) >= 11 is 0. The summed E-state index contributed by atoms with van der Waals surface area (Å²) < 4.78 is 6.38. The molecule has 0 aliphatic heterocycles. The average Bonchev–Trinajstić information content (AvgIpc) is 2.68. The summed E-state index contributed by atoms with van der Waals surface area (Å²) in [6.07, 6.45) is 7.21. The average molecular weight is 352 g/mol. The lowest BCUT2D eigenvalue weighted by molar-refractivity contribution is -0.137. The van der Waals surface area contributed by atoms with E-state index in [2.05, 4.69) is 37.3 Å². The first-order valence-corrected chi connectivity index (χ1v) is 9.71. The predicted octanol–water partition coefficient (Wildman–Crippen LogP) is 6.03. The molecule has 0 aromatic heterocycles. The van der Waals surface area contributed by atoms with Crippen molar-refractivity contribution in [3.05, 3.63) is 54.1 Å². The van der Waals surface area contributed by atoms with Gasteiger partial charge in [-0.3, -0.25) is 4.79 Å². The largest absolute Gasteiger partial charge is 0.490 e. The molecule has 0 radical (unpaired) electrons. The Morgan fingerprint density at radius 3 is 2.54 bits per heavy atom. The highest BCUT2D eigenvalue weighted by Gasteiger charge is 2.18. The molecular formula is C23H28O3. The zero-order valence-corrected chi connectivity index (χ0v) is 15.5. The Kier molecular flexibility index (Phi) is 6.32. The minimum atomic E-state index is -0.739. The van der Waals surface area contributed by atoms with Crippen LogP contribution in [0.3, 0.4) is 0 Å². The first kappa shape index (κ1) is 18.5. The first-order valence-electron chi connectivity index (χ1n) is 9.71. The van der Waals surface area contributed by atoms with E-state index in [-0.39, 0.29) is 12.3 Å². The van der Waals surface area contributed by atoms with Gasteiger partial charge >= 0.3 is 5.97 Å². The number of rotatable bonds is 7. The van der Waals surface area contributed by atoms with Crippen LogP contribution < -0.4 is 4.74 Å². The van der Waals surface area contributed by atoms with Gasteiger partial charge in [0.15, 0.2) is 0 Å². The van der Waals surface area contributed by atoms with Crippen LogP contribution in [0.5, 0.6) is 5.75 Å². The van der Waals surface area contributed by atoms with Gasteiger partial charge in [-0.1, -0.05) is 49.7 Å². The molecule has 0 saturated heterocycles. The fourth-order valence-corrected chi connectivity index (χ4v) is 3.67. The molecule has 1 saturated carbocycles. The van der Waals surface area contributed by atoms with Gasteiger partial charge in [-0.15, -0.1) is 0 Å². The van der Waals surface area contributed by atoms with Crippen molar-refractivity contribution in [1.29, 1.82) is 0 Å². The van der Waals surface area contributed by atoms with E-state index < -0.39 is 5.97 Å². The fourth-order valence-electron chi connectivity index (χ4n) is 3.67. The van der Waals surface area contributed by atoms with Gasteiger partial charge in [0.25, 0.3) is 0 Å². The Morgan fingerprint density at radius 1 is 1.12 bits per heavy atom. The second-order valence-electron chi connectivity index (χ2n) is 7.33. The molecule has 1 fully saturated rings. The molecule has 0 spiro atoms. The predicted molar refractivity (Wildman–Crippen MR) is 105 cm³/mol. The maximum atomic E-state index is 10.9. The maximum absolute atomic E-state index is 10.9. The summed E-state index contributed by atoms with van der Waals surface area (Å²) in [5, 5.41) is 8.95. The smallest absolute Gasteiger partial charge is 0.303 e. The lowest BCUT2D eigenvalue weighted by atomic mass is 9.92. The van der Waals surface area contributed by atoms with Crippen molar-refractivity contribution in [2.75, 3.05) is 0 Å². The van der Waals surface area contributed by atoms with Crippen LogP contribution in [-0.4, -0.2) is 17.2 Å². The molecule has 1 aliphatic carbocycles. The highest BCUT2D eigenvalue weighted by molar-refractivity contribution is 5.71. The third-order valence-corrected chi connectivity index (χ3v) is 5.29. The second kappa shape index (κ2) is 8.88. The summed E-state index contributed by atoms with van der Waals surface area (Å²) in [6.45, 7) is 2.09. The van der Waals surface area contributed by atoms with Crippen molar-refractivity contribution in [3.63, 3.8) is 0 Å². The molecule has 0 amide bonds. The summed E-state index contributed by atoms with van der Waals surface area (Å²) in [6, 6.07) is 16.7. The minimum Gasteiger partial charge on any atom is -0.490 e. The topological polar surface area (TPSA) is 46.5 Å². The van der Waals surface area contributed by atoms with E-state index in [4.69, 9.17) is 9.84 Å². The van der Waals surface area contributed by atoms with E-state index in [1.54, 1.807) is 0 Å². The monoisotopic (exact) mass is 352 g/mol. The SMILES string of the molecule is CC(CCC(=O)O)c1ccc(OC2CCCCC2)c(-c2ccccc2)c1. The van der Waals surface area contributed by atoms with Gasteiger partial charge in [-0.25, -0.2) is 0 Å². The van der Waals surface area contributed by atoms with Crippen molar-refractivity contribution in [1.82, 2.24) is 0 Å². The highest BCUT2D eigenvalue weighted by atomic mass is 16.5. The van der Waals surface area contributed by atoms with Crippen LogP contribution in [0, 0.1) is 0 Å². The number of ether oxygens (including phenoxy) is 1. The van der Waals surface area contributed by atoms with E-state index in [0.717, 1.165) is 29.7 Å². The number of carboxylic acids is 1. The molecule has 1 N–H and O–H groups in total. The summed E-state index contributed by atoms with van der Waals surface area (Å²) in [7, 11) is 0. The Labute approximate surface area is 156 Å². The zero-order chi connectivity index (χ0) is 18.4. The lowest BCUT2D eigenvalue weighted by Gasteiger charge is -2.25. The van der Waals surface area contributed by atoms with Crippen molar-refractivity contribution < 1.29 is 14.6 Å². The second-order valence-corrected chi connectivity index (χ2v) is 7.33. The standard InChI is InChI=1S/C23H28O3/c1-17(12-15-23(24)25)19-13-14-22(26-20-10-6-3-7-11-20)21(16-19)18-8-4-2-5-9-18/h2,4-5,8-9,13-14,16-17,20H,3,6-7,10-12,15H2,1H3,(H,24,25). The van der Waals surface area contributed by atoms with Gasteiger partial charge in [-0.05, 0) is 61.3 Å². The van der Waals surface area contributed by atoms with Crippen molar-refractivity contribution >= 4 is 5.97 Å². The Hall–Kier alpha value is -2.29. The van der Waals surface area contributed by atoms with Gasteiger partial charge < -0.3 is 9.84 Å². The van der Waals surface area contributed by atoms with Gasteiger partial charge in [0, 0.05) is 12.0 Å². The number of aliphatic carboxylic acids is 1. The van der Waals surface area contributed by atoms with Crippen molar-refractivity contribution in [2.45, 2.75) is 63.9 Å². The van der Waals surface area contributed by atoms with Crippen LogP contribution in [0.25, 0.3) is 11.1 Å². The molecular weight excluding hydrogens is 324 g/mol. The van der Waals surface area contributed by atoms with Crippen LogP contribution in [0.4, 0.5) is 0 Å². The molecule has 2 aromatic rings. The van der Waals surface area contributed by atoms with Gasteiger partial charge in [-0.2, -0.15) is 0 Å². The third kappa shape index (κ3) is 4.87. The highest BCUT2D eigenvalue weighted by Crippen LogP contribution is 2.36. The Balaban J connectivity index is 1.87. The number of hydrogen-bond acceptors (Lipinski definition) is 2. The summed E-state index contributed by atoms with van der Waals surface area (Å²) in [4.78, 5) is 10.9. The van der Waals surface area contributed by atoms with E-state index >= 15 is 0 Å². The van der Waals surface area contributed by atoms with Crippen LogP contribution in [0.1, 0.15) is 63.4 Å². The number of hydrogen-bond donors (Lipinski definition) is 1. The molecule has 2 aromatic carbocycles. The molecule has 0 heterocycles. The number of benzene rings is 2. The molecule has 3 heteroatoms. The van der Waals surface area contributed by atoms with Crippen LogP contribution >= 0.6 is 0 Å². The van der Waals surface area contributed by atoms with Gasteiger partial charge in [0.1, 0.15) is 5.75 Å². The third-order valence-electron chi connectivity index (χ3n) is 5.29. The fraction of sp³-hybridized carbons (Fsp3) is 0.435. The number of carbonyl (C=O) groups is 1. The molecule has 3 rings (SSSR count). The summed E-state index contributed by atoms with van der Waals surface area (Å²) in [5.41, 5.74) is 3.42. The molecule has 26 heavy (non-hydrogen) atoms. The Morgan fingerprint density at radius 2 is 1.85 bits per heavy atom. The van der Waals surface area contributed by atoms with E-state index in [9.17, 15) is 4.79 Å². The molecule has 1 atom stereocenters. The van der Waals surface area contributed by atoms with Crippen LogP contribution in [0.2, 0.25) is 0 Å². The zero-order valence-electron chi connectivity index (χ0n) is 15.5. The van der Waals surface area contributed by atoms with E-state index in [1.165, 1.54) is 24.8 Å². The van der Waals surface area contributed by atoms with Crippen molar-refractivity contribution in [2.24, 2.45) is 0 Å². The van der Waals surface area contributed by atoms with Gasteiger partial charge in [0.05, 0.1) is 6.10 Å². The van der Waals surface area contributed by atoms with E-state index in [0.29, 0.717) is 12.5 Å². The van der Waals surface area contributed by atoms with Crippen LogP contribution in [-0.2, 0) is 4.79 Å². The van der Waals surface area contributed by atoms with Gasteiger partial charge in [0.2, 0.25) is 0 Å². The molecule has 1 unspecified atom stereocenters. The Bertz CT molecular complexity index is 717. The van der Waals surface area contributed by atoms with Crippen LogP contribution in [0.15, 0.2) is 48.5 Å².